The number of amides is 2. The fourth-order valence-corrected chi connectivity index (χ4v) is 5.78. The minimum Gasteiger partial charge on any atom is -0.329 e. The van der Waals surface area contributed by atoms with Crippen LogP contribution in [0.25, 0.3) is 0 Å². The SMILES string of the molecule is O=C(N[C@@H](CF)c1ccccc1)N1CCC[C@@H]2CN3CCc4ccccc4[C@H]3C[C@@H]21. The lowest BCUT2D eigenvalue weighted by Crippen LogP contribution is -2.59. The molecule has 2 aromatic carbocycles. The molecule has 5 heteroatoms. The molecule has 0 aromatic heterocycles. The lowest BCUT2D eigenvalue weighted by Gasteiger charge is -2.52. The third kappa shape index (κ3) is 3.60. The Morgan fingerprint density at radius 1 is 1.10 bits per heavy atom. The summed E-state index contributed by atoms with van der Waals surface area (Å²) in [6, 6.07) is 18.1. The molecule has 0 radical (unpaired) electrons. The molecule has 1 N–H and O–H groups in total. The zero-order valence-electron chi connectivity index (χ0n) is 17.3. The number of piperidine rings is 2. The number of halogens is 1. The van der Waals surface area contributed by atoms with Crippen LogP contribution in [0.3, 0.4) is 0 Å². The Morgan fingerprint density at radius 3 is 2.73 bits per heavy atom. The number of carbonyl (C=O) groups excluding carboxylic acids is 1. The highest BCUT2D eigenvalue weighted by Gasteiger charge is 2.44. The monoisotopic (exact) mass is 407 g/mol. The van der Waals surface area contributed by atoms with E-state index in [9.17, 15) is 9.18 Å². The number of urea groups is 1. The Kier molecular flexibility index (Phi) is 5.47. The second-order valence-corrected chi connectivity index (χ2v) is 8.93. The van der Waals surface area contributed by atoms with Crippen molar-refractivity contribution in [2.75, 3.05) is 26.3 Å². The van der Waals surface area contributed by atoms with Gasteiger partial charge in [-0.3, -0.25) is 4.90 Å². The first-order valence-corrected chi connectivity index (χ1v) is 11.2. The molecular weight excluding hydrogens is 377 g/mol. The second kappa shape index (κ2) is 8.38. The van der Waals surface area contributed by atoms with Crippen molar-refractivity contribution >= 4 is 6.03 Å². The van der Waals surface area contributed by atoms with E-state index in [1.807, 2.05) is 35.2 Å². The highest BCUT2D eigenvalue weighted by Crippen LogP contribution is 2.42. The molecule has 0 unspecified atom stereocenters. The van der Waals surface area contributed by atoms with Crippen LogP contribution in [0.5, 0.6) is 0 Å². The van der Waals surface area contributed by atoms with Gasteiger partial charge in [-0.2, -0.15) is 0 Å². The Bertz CT molecular complexity index is 889. The van der Waals surface area contributed by atoms with E-state index in [1.54, 1.807) is 0 Å². The van der Waals surface area contributed by atoms with E-state index in [-0.39, 0.29) is 12.1 Å². The predicted molar refractivity (Wildman–Crippen MR) is 116 cm³/mol. The van der Waals surface area contributed by atoms with Gasteiger partial charge in [-0.15, -0.1) is 0 Å². The first-order chi connectivity index (χ1) is 14.7. The quantitative estimate of drug-likeness (QED) is 0.814. The fourth-order valence-electron chi connectivity index (χ4n) is 5.78. The average Bonchev–Trinajstić information content (AvgIpc) is 2.81. The lowest BCUT2D eigenvalue weighted by atomic mass is 9.77. The van der Waals surface area contributed by atoms with Gasteiger partial charge in [0.2, 0.25) is 0 Å². The van der Waals surface area contributed by atoms with E-state index in [4.69, 9.17) is 0 Å². The number of fused-ring (bicyclic) bond motifs is 4. The van der Waals surface area contributed by atoms with Gasteiger partial charge in [0, 0.05) is 31.7 Å². The molecule has 0 bridgehead atoms. The smallest absolute Gasteiger partial charge is 0.318 e. The van der Waals surface area contributed by atoms with Gasteiger partial charge in [0.25, 0.3) is 0 Å². The summed E-state index contributed by atoms with van der Waals surface area (Å²) in [5.74, 6) is 0.506. The molecule has 2 saturated heterocycles. The molecule has 3 aliphatic heterocycles. The number of hydrogen-bond donors (Lipinski definition) is 1. The van der Waals surface area contributed by atoms with Gasteiger partial charge in [0.05, 0.1) is 6.04 Å². The van der Waals surface area contributed by atoms with Gasteiger partial charge < -0.3 is 10.2 Å². The van der Waals surface area contributed by atoms with Crippen molar-refractivity contribution in [3.8, 4) is 0 Å². The van der Waals surface area contributed by atoms with Crippen LogP contribution in [0, 0.1) is 5.92 Å². The standard InChI is InChI=1S/C25H30FN3O/c26-16-22(19-8-2-1-3-9-19)27-25(30)29-13-6-10-20-17-28-14-12-18-7-4-5-11-21(18)24(28)15-23(20)29/h1-5,7-9,11,20,22-24H,6,10,12-17H2,(H,27,30)/t20-,22+,23+,24-/m1/s1. The fraction of sp³-hybridized carbons (Fsp3) is 0.480. The zero-order valence-corrected chi connectivity index (χ0v) is 17.3. The molecule has 2 aromatic rings. The van der Waals surface area contributed by atoms with Crippen molar-refractivity contribution in [1.29, 1.82) is 0 Å². The summed E-state index contributed by atoms with van der Waals surface area (Å²) in [6.45, 7) is 2.32. The van der Waals surface area contributed by atoms with Crippen LogP contribution in [0.15, 0.2) is 54.6 Å². The first kappa shape index (κ1) is 19.6. The summed E-state index contributed by atoms with van der Waals surface area (Å²) in [6.07, 6.45) is 4.28. The number of carbonyl (C=O) groups is 1. The third-order valence-electron chi connectivity index (χ3n) is 7.29. The van der Waals surface area contributed by atoms with E-state index < -0.39 is 12.7 Å². The first-order valence-electron chi connectivity index (χ1n) is 11.2. The van der Waals surface area contributed by atoms with Crippen LogP contribution in [0.4, 0.5) is 9.18 Å². The van der Waals surface area contributed by atoms with Crippen molar-refractivity contribution < 1.29 is 9.18 Å². The molecule has 0 aliphatic carbocycles. The van der Waals surface area contributed by atoms with Crippen molar-refractivity contribution in [2.45, 2.75) is 43.8 Å². The molecule has 5 rings (SSSR count). The molecule has 4 nitrogen and oxygen atoms in total. The molecule has 0 spiro atoms. The summed E-state index contributed by atoms with van der Waals surface area (Å²) in [5, 5.41) is 2.98. The average molecular weight is 408 g/mol. The summed E-state index contributed by atoms with van der Waals surface area (Å²) in [7, 11) is 0. The van der Waals surface area contributed by atoms with Gasteiger partial charge in [-0.25, -0.2) is 9.18 Å². The van der Waals surface area contributed by atoms with Gasteiger partial charge >= 0.3 is 6.03 Å². The zero-order chi connectivity index (χ0) is 20.5. The van der Waals surface area contributed by atoms with Gasteiger partial charge in [0.1, 0.15) is 6.67 Å². The maximum Gasteiger partial charge on any atom is 0.318 e. The molecule has 2 amide bonds. The van der Waals surface area contributed by atoms with Crippen LogP contribution in [0.2, 0.25) is 0 Å². The van der Waals surface area contributed by atoms with Crippen LogP contribution in [-0.4, -0.2) is 48.2 Å². The van der Waals surface area contributed by atoms with Gasteiger partial charge in [0.15, 0.2) is 0 Å². The van der Waals surface area contributed by atoms with E-state index in [2.05, 4.69) is 34.5 Å². The molecule has 3 aliphatic rings. The minimum absolute atomic E-state index is 0.117. The van der Waals surface area contributed by atoms with Crippen LogP contribution in [-0.2, 0) is 6.42 Å². The molecule has 2 fully saturated rings. The van der Waals surface area contributed by atoms with Crippen LogP contribution in [0.1, 0.15) is 48.0 Å². The normalized spacial score (nSPS) is 26.8. The number of likely N-dealkylation sites (tertiary alicyclic amines) is 1. The summed E-state index contributed by atoms with van der Waals surface area (Å²) < 4.78 is 13.8. The molecule has 30 heavy (non-hydrogen) atoms. The van der Waals surface area contributed by atoms with Gasteiger partial charge in [-0.1, -0.05) is 54.6 Å². The number of hydrogen-bond acceptors (Lipinski definition) is 2. The maximum absolute atomic E-state index is 13.8. The van der Waals surface area contributed by atoms with E-state index in [0.717, 1.165) is 44.5 Å². The molecular formula is C25H30FN3O. The number of nitrogens with one attached hydrogen (secondary N) is 1. The highest BCUT2D eigenvalue weighted by molar-refractivity contribution is 5.75. The number of nitrogens with zero attached hydrogens (tertiary/aromatic N) is 2. The Balaban J connectivity index is 1.35. The van der Waals surface area contributed by atoms with E-state index in [0.29, 0.717) is 12.0 Å². The predicted octanol–water partition coefficient (Wildman–Crippen LogP) is 4.49. The van der Waals surface area contributed by atoms with Crippen molar-refractivity contribution in [3.05, 3.63) is 71.3 Å². The number of rotatable bonds is 3. The second-order valence-electron chi connectivity index (χ2n) is 8.93. The molecule has 4 atom stereocenters. The lowest BCUT2D eigenvalue weighted by molar-refractivity contribution is 0.00509. The van der Waals surface area contributed by atoms with Gasteiger partial charge in [-0.05, 0) is 48.3 Å². The van der Waals surface area contributed by atoms with E-state index >= 15 is 0 Å². The highest BCUT2D eigenvalue weighted by atomic mass is 19.1. The van der Waals surface area contributed by atoms with Crippen LogP contribution >= 0.6 is 0 Å². The summed E-state index contributed by atoms with van der Waals surface area (Å²) in [5.41, 5.74) is 3.70. The largest absolute Gasteiger partial charge is 0.329 e. The topological polar surface area (TPSA) is 35.6 Å². The Morgan fingerprint density at radius 2 is 1.90 bits per heavy atom. The molecule has 158 valence electrons. The van der Waals surface area contributed by atoms with Crippen molar-refractivity contribution in [3.63, 3.8) is 0 Å². The maximum atomic E-state index is 13.8. The Labute approximate surface area is 178 Å². The van der Waals surface area contributed by atoms with E-state index in [1.165, 1.54) is 17.5 Å². The summed E-state index contributed by atoms with van der Waals surface area (Å²) in [4.78, 5) is 17.9. The molecule has 3 heterocycles. The van der Waals surface area contributed by atoms with Crippen molar-refractivity contribution in [2.24, 2.45) is 5.92 Å². The third-order valence-corrected chi connectivity index (χ3v) is 7.29. The number of benzene rings is 2. The molecule has 0 saturated carbocycles. The Hall–Kier alpha value is -2.40. The summed E-state index contributed by atoms with van der Waals surface area (Å²) >= 11 is 0. The number of alkyl halides is 1. The minimum atomic E-state index is -0.596. The van der Waals surface area contributed by atoms with Crippen molar-refractivity contribution in [1.82, 2.24) is 15.1 Å². The van der Waals surface area contributed by atoms with Crippen LogP contribution < -0.4 is 5.32 Å².